The van der Waals surface area contributed by atoms with Gasteiger partial charge in [-0.1, -0.05) is 0 Å². The summed E-state index contributed by atoms with van der Waals surface area (Å²) in [6, 6.07) is -0.366. The third-order valence-electron chi connectivity index (χ3n) is 1.45. The largest absolute Gasteiger partial charge is 0.325 e. The minimum atomic E-state index is -0.573. The average molecular weight is 174 g/mol. The molecule has 0 aliphatic carbocycles. The summed E-state index contributed by atoms with van der Waals surface area (Å²) in [5, 5.41) is 2.17. The molecule has 1 N–H and O–H groups in total. The summed E-state index contributed by atoms with van der Waals surface area (Å²) in [5.41, 5.74) is 0. The summed E-state index contributed by atoms with van der Waals surface area (Å²) in [6.45, 7) is 3.62. The van der Waals surface area contributed by atoms with E-state index in [1.807, 2.05) is 0 Å². The molecule has 0 atom stereocenters. The molecule has 3 amide bonds. The van der Waals surface area contributed by atoms with E-state index in [0.717, 1.165) is 0 Å². The van der Waals surface area contributed by atoms with E-state index < -0.39 is 4.87 Å². The van der Waals surface area contributed by atoms with Crippen LogP contribution in [0.3, 0.4) is 0 Å². The second-order valence-electron chi connectivity index (χ2n) is 2.93. The molecule has 0 saturated carbocycles. The highest BCUT2D eigenvalue weighted by Gasteiger charge is 2.35. The maximum atomic E-state index is 11.0. The Morgan fingerprint density at radius 1 is 1.55 bits per heavy atom. The Kier molecular flexibility index (Phi) is 1.83. The first kappa shape index (κ1) is 8.39. The second kappa shape index (κ2) is 2.41. The number of carbonyl (C=O) groups is 2. The van der Waals surface area contributed by atoms with Crippen molar-refractivity contribution in [1.82, 2.24) is 10.2 Å². The molecule has 5 heteroatoms. The lowest BCUT2D eigenvalue weighted by Gasteiger charge is -2.28. The van der Waals surface area contributed by atoms with Gasteiger partial charge >= 0.3 is 6.03 Å². The number of hydrogen-bond acceptors (Lipinski definition) is 3. The Bertz CT molecular complexity index is 209. The number of urea groups is 1. The Morgan fingerprint density at radius 2 is 2.09 bits per heavy atom. The highest BCUT2D eigenvalue weighted by Crippen LogP contribution is 2.20. The molecule has 1 saturated heterocycles. The number of amides is 3. The third kappa shape index (κ3) is 1.65. The van der Waals surface area contributed by atoms with Crippen LogP contribution in [-0.2, 0) is 4.79 Å². The van der Waals surface area contributed by atoms with Gasteiger partial charge in [-0.2, -0.15) is 12.6 Å². The van der Waals surface area contributed by atoms with Crippen molar-refractivity contribution in [2.75, 3.05) is 6.54 Å². The molecule has 1 rings (SSSR count). The Morgan fingerprint density at radius 3 is 2.27 bits per heavy atom. The molecule has 0 aromatic heterocycles. The molecule has 1 fully saturated rings. The predicted molar refractivity (Wildman–Crippen MR) is 43.3 cm³/mol. The fourth-order valence-electron chi connectivity index (χ4n) is 0.884. The molecule has 11 heavy (non-hydrogen) atoms. The first-order valence-corrected chi connectivity index (χ1v) is 3.70. The maximum absolute atomic E-state index is 11.0. The molecule has 1 heterocycles. The van der Waals surface area contributed by atoms with Crippen molar-refractivity contribution >= 4 is 24.6 Å². The lowest BCUT2D eigenvalue weighted by Crippen LogP contribution is -2.41. The lowest BCUT2D eigenvalue weighted by atomic mass is 10.3. The van der Waals surface area contributed by atoms with Crippen LogP contribution in [0.5, 0.6) is 0 Å². The van der Waals surface area contributed by atoms with Gasteiger partial charge in [0.15, 0.2) is 0 Å². The molecule has 0 radical (unpaired) electrons. The summed E-state index contributed by atoms with van der Waals surface area (Å²) in [7, 11) is 0. The van der Waals surface area contributed by atoms with Gasteiger partial charge in [0.25, 0.3) is 0 Å². The molecule has 4 nitrogen and oxygen atoms in total. The van der Waals surface area contributed by atoms with Gasteiger partial charge in [-0.25, -0.2) is 4.79 Å². The van der Waals surface area contributed by atoms with Crippen LogP contribution in [0.25, 0.3) is 0 Å². The Balaban J connectivity index is 2.76. The molecule has 0 bridgehead atoms. The highest BCUT2D eigenvalue weighted by molar-refractivity contribution is 7.81. The van der Waals surface area contributed by atoms with Crippen molar-refractivity contribution in [2.45, 2.75) is 18.7 Å². The van der Waals surface area contributed by atoms with Gasteiger partial charge in [0, 0.05) is 0 Å². The van der Waals surface area contributed by atoms with Crippen LogP contribution in [0.4, 0.5) is 4.79 Å². The van der Waals surface area contributed by atoms with Crippen LogP contribution in [0.15, 0.2) is 0 Å². The van der Waals surface area contributed by atoms with E-state index in [9.17, 15) is 9.59 Å². The van der Waals surface area contributed by atoms with Crippen molar-refractivity contribution in [1.29, 1.82) is 0 Å². The summed E-state index contributed by atoms with van der Waals surface area (Å²) in [6.07, 6.45) is 0. The first-order chi connectivity index (χ1) is 4.91. The molecule has 1 aliphatic heterocycles. The van der Waals surface area contributed by atoms with E-state index in [4.69, 9.17) is 0 Å². The summed E-state index contributed by atoms with van der Waals surface area (Å²) >= 11 is 4.16. The van der Waals surface area contributed by atoms with Crippen molar-refractivity contribution in [2.24, 2.45) is 0 Å². The van der Waals surface area contributed by atoms with Crippen molar-refractivity contribution in [3.05, 3.63) is 0 Å². The van der Waals surface area contributed by atoms with Gasteiger partial charge in [-0.05, 0) is 13.8 Å². The zero-order valence-corrected chi connectivity index (χ0v) is 7.31. The van der Waals surface area contributed by atoms with E-state index in [1.54, 1.807) is 13.8 Å². The molecule has 0 unspecified atom stereocenters. The van der Waals surface area contributed by atoms with Crippen molar-refractivity contribution < 1.29 is 9.59 Å². The number of hydrogen-bond donors (Lipinski definition) is 2. The van der Waals surface area contributed by atoms with E-state index in [2.05, 4.69) is 17.9 Å². The molecule has 0 spiro atoms. The SMILES string of the molecule is CC(C)(S)N1CC(=O)NC1=O. The summed E-state index contributed by atoms with van der Waals surface area (Å²) in [5.74, 6) is -0.267. The van der Waals surface area contributed by atoms with Gasteiger partial charge in [0.1, 0.15) is 6.54 Å². The highest BCUT2D eigenvalue weighted by atomic mass is 32.1. The van der Waals surface area contributed by atoms with E-state index in [-0.39, 0.29) is 18.5 Å². The standard InChI is InChI=1S/C6H10N2O2S/c1-6(2,11)8-3-4(9)7-5(8)10/h11H,3H2,1-2H3,(H,7,9,10). The zero-order valence-electron chi connectivity index (χ0n) is 6.42. The Hall–Kier alpha value is -0.710. The zero-order chi connectivity index (χ0) is 8.65. The fraction of sp³-hybridized carbons (Fsp3) is 0.667. The minimum absolute atomic E-state index is 0.106. The maximum Gasteiger partial charge on any atom is 0.325 e. The number of nitrogens with one attached hydrogen (secondary N) is 1. The molecule has 62 valence electrons. The fourth-order valence-corrected chi connectivity index (χ4v) is 1.05. The third-order valence-corrected chi connectivity index (χ3v) is 1.70. The predicted octanol–water partition coefficient (Wildman–Crippen LogP) is 0.204. The molecular weight excluding hydrogens is 164 g/mol. The van der Waals surface area contributed by atoms with Gasteiger partial charge in [-0.15, -0.1) is 0 Å². The van der Waals surface area contributed by atoms with Crippen LogP contribution in [0.2, 0.25) is 0 Å². The smallest absolute Gasteiger partial charge is 0.301 e. The number of imide groups is 1. The normalized spacial score (nSPS) is 19.0. The molecule has 0 aromatic carbocycles. The van der Waals surface area contributed by atoms with E-state index in [1.165, 1.54) is 4.90 Å². The van der Waals surface area contributed by atoms with Crippen LogP contribution < -0.4 is 5.32 Å². The molecule has 1 aliphatic rings. The monoisotopic (exact) mass is 174 g/mol. The van der Waals surface area contributed by atoms with Crippen molar-refractivity contribution in [3.63, 3.8) is 0 Å². The topological polar surface area (TPSA) is 49.4 Å². The van der Waals surface area contributed by atoms with E-state index in [0.29, 0.717) is 0 Å². The van der Waals surface area contributed by atoms with Gasteiger partial charge < -0.3 is 4.90 Å². The van der Waals surface area contributed by atoms with Crippen LogP contribution in [-0.4, -0.2) is 28.3 Å². The van der Waals surface area contributed by atoms with Gasteiger partial charge in [0.05, 0.1) is 4.87 Å². The molecule has 0 aromatic rings. The van der Waals surface area contributed by atoms with Crippen LogP contribution in [0.1, 0.15) is 13.8 Å². The van der Waals surface area contributed by atoms with E-state index >= 15 is 0 Å². The van der Waals surface area contributed by atoms with Crippen LogP contribution in [0, 0.1) is 0 Å². The number of thiol groups is 1. The Labute approximate surface area is 70.3 Å². The lowest BCUT2D eigenvalue weighted by molar-refractivity contribution is -0.118. The molecular formula is C6H10N2O2S. The minimum Gasteiger partial charge on any atom is -0.301 e. The van der Waals surface area contributed by atoms with Gasteiger partial charge in [-0.3, -0.25) is 10.1 Å². The van der Waals surface area contributed by atoms with Crippen LogP contribution >= 0.6 is 12.6 Å². The number of rotatable bonds is 1. The van der Waals surface area contributed by atoms with Crippen molar-refractivity contribution in [3.8, 4) is 0 Å². The second-order valence-corrected chi connectivity index (χ2v) is 4.03. The number of nitrogens with zero attached hydrogens (tertiary/aromatic N) is 1. The average Bonchev–Trinajstić information content (AvgIpc) is 2.08. The summed E-state index contributed by atoms with van der Waals surface area (Å²) < 4.78 is 0. The quantitative estimate of drug-likeness (QED) is 0.441. The first-order valence-electron chi connectivity index (χ1n) is 3.25. The van der Waals surface area contributed by atoms with Gasteiger partial charge in [0.2, 0.25) is 5.91 Å². The summed E-state index contributed by atoms with van der Waals surface area (Å²) in [4.78, 5) is 22.5. The number of carbonyl (C=O) groups excluding carboxylic acids is 2.